The molecule has 9 nitrogen and oxygen atoms in total. The molecule has 3 heterocycles. The number of urea groups is 1. The number of hydrogen-bond acceptors (Lipinski definition) is 6. The number of aromatic nitrogens is 3. The van der Waals surface area contributed by atoms with E-state index in [1.807, 2.05) is 0 Å². The minimum Gasteiger partial charge on any atom is -0.382 e. The molecule has 0 unspecified atom stereocenters. The first-order valence-electron chi connectivity index (χ1n) is 11.8. The minimum absolute atomic E-state index is 0.0655. The van der Waals surface area contributed by atoms with Gasteiger partial charge in [-0.05, 0) is 30.3 Å². The van der Waals surface area contributed by atoms with Gasteiger partial charge >= 0.3 is 12.2 Å². The monoisotopic (exact) mass is 547 g/mol. The van der Waals surface area contributed by atoms with Crippen LogP contribution in [0.1, 0.15) is 11.3 Å². The molecule has 4 aromatic rings. The number of carbonyl (C=O) groups excluding carboxylic acids is 1. The highest BCUT2D eigenvalue weighted by atomic mass is 19.4. The van der Waals surface area contributed by atoms with Gasteiger partial charge in [0, 0.05) is 42.5 Å². The van der Waals surface area contributed by atoms with Crippen LogP contribution < -0.4 is 16.4 Å². The maximum Gasteiger partial charge on any atom is 0.416 e. The van der Waals surface area contributed by atoms with Gasteiger partial charge in [0.05, 0.1) is 30.2 Å². The van der Waals surface area contributed by atoms with Crippen LogP contribution in [-0.2, 0) is 17.5 Å². The molecule has 2 amide bonds. The molecule has 2 aromatic carbocycles. The van der Waals surface area contributed by atoms with Crippen LogP contribution in [0.5, 0.6) is 0 Å². The zero-order valence-corrected chi connectivity index (χ0v) is 20.2. The zero-order chi connectivity index (χ0) is 27.7. The molecule has 14 heteroatoms. The topological polar surface area (TPSA) is 110 Å². The Bertz CT molecular complexity index is 1530. The van der Waals surface area contributed by atoms with Crippen molar-refractivity contribution >= 4 is 28.7 Å². The van der Waals surface area contributed by atoms with Crippen molar-refractivity contribution in [1.29, 1.82) is 0 Å². The number of fused-ring (bicyclic) bond motifs is 1. The van der Waals surface area contributed by atoms with Crippen LogP contribution in [0, 0.1) is 11.6 Å². The lowest BCUT2D eigenvalue weighted by Gasteiger charge is -2.26. The number of nitrogens with one attached hydrogen (secondary N) is 2. The van der Waals surface area contributed by atoms with Crippen molar-refractivity contribution in [3.8, 4) is 11.1 Å². The van der Waals surface area contributed by atoms with Crippen LogP contribution in [-0.4, -0.2) is 51.8 Å². The second kappa shape index (κ2) is 10.5. The van der Waals surface area contributed by atoms with Crippen molar-refractivity contribution in [2.75, 3.05) is 42.7 Å². The number of alkyl halides is 3. The van der Waals surface area contributed by atoms with Crippen LogP contribution in [0.3, 0.4) is 0 Å². The first kappa shape index (κ1) is 26.3. The normalized spacial score (nSPS) is 14.5. The smallest absolute Gasteiger partial charge is 0.382 e. The highest BCUT2D eigenvalue weighted by Gasteiger charge is 2.30. The van der Waals surface area contributed by atoms with Crippen molar-refractivity contribution in [3.63, 3.8) is 0 Å². The number of nitrogens with zero attached hydrogens (tertiary/aromatic N) is 4. The molecule has 39 heavy (non-hydrogen) atoms. The second-order valence-corrected chi connectivity index (χ2v) is 8.81. The minimum atomic E-state index is -4.61. The van der Waals surface area contributed by atoms with Crippen LogP contribution >= 0.6 is 0 Å². The summed E-state index contributed by atoms with van der Waals surface area (Å²) in [6, 6.07) is 6.18. The summed E-state index contributed by atoms with van der Waals surface area (Å²) in [5.41, 5.74) is 5.51. The van der Waals surface area contributed by atoms with E-state index in [1.165, 1.54) is 16.9 Å². The molecule has 0 spiro atoms. The summed E-state index contributed by atoms with van der Waals surface area (Å²) in [6.45, 7) is 2.98. The number of ether oxygens (including phenoxy) is 1. The maximum absolute atomic E-state index is 15.3. The number of nitrogen functional groups attached to an aromatic ring is 1. The predicted molar refractivity (Wildman–Crippen MR) is 133 cm³/mol. The van der Waals surface area contributed by atoms with Crippen LogP contribution in [0.15, 0.2) is 48.8 Å². The zero-order valence-electron chi connectivity index (χ0n) is 20.2. The number of nitrogens with two attached hydrogens (primary N) is 1. The van der Waals surface area contributed by atoms with Crippen LogP contribution in [0.2, 0.25) is 0 Å². The highest BCUT2D eigenvalue weighted by Crippen LogP contribution is 2.35. The van der Waals surface area contributed by atoms with Gasteiger partial charge in [-0.2, -0.15) is 18.3 Å². The van der Waals surface area contributed by atoms with Crippen molar-refractivity contribution in [2.45, 2.75) is 12.7 Å². The van der Waals surface area contributed by atoms with Gasteiger partial charge in [-0.3, -0.25) is 4.90 Å². The number of amides is 2. The van der Waals surface area contributed by atoms with Gasteiger partial charge in [-0.1, -0.05) is 6.07 Å². The summed E-state index contributed by atoms with van der Waals surface area (Å²) in [7, 11) is 0. The lowest BCUT2D eigenvalue weighted by Crippen LogP contribution is -2.36. The number of hydrogen-bond donors (Lipinski definition) is 3. The summed E-state index contributed by atoms with van der Waals surface area (Å²) in [6.07, 6.45) is -3.35. The number of halogens is 5. The average Bonchev–Trinajstić information content (AvgIpc) is 3.25. The van der Waals surface area contributed by atoms with E-state index in [4.69, 9.17) is 10.5 Å². The summed E-state index contributed by atoms with van der Waals surface area (Å²) in [5.74, 6) is -1.79. The van der Waals surface area contributed by atoms with E-state index in [1.54, 1.807) is 6.07 Å². The molecule has 0 bridgehead atoms. The number of morpholine rings is 1. The fourth-order valence-electron chi connectivity index (χ4n) is 4.35. The van der Waals surface area contributed by atoms with Gasteiger partial charge in [0.25, 0.3) is 0 Å². The molecular weight excluding hydrogens is 525 g/mol. The summed E-state index contributed by atoms with van der Waals surface area (Å²) >= 11 is 0. The standard InChI is InChI=1S/C25H22F5N7O2/c26-19-11-21(35-24(38)34-15-3-1-2-14(8-15)25(28,29)30)20(27)10-17(19)18-9-16(12-36-4-6-39-7-5-36)37-22(18)23(31)32-13-33-37/h1-3,8-11,13H,4-7,12H2,(H2,31,32,33)(H2,34,35,38). The van der Waals surface area contributed by atoms with Crippen LogP contribution in [0.4, 0.5) is 43.9 Å². The molecule has 0 aliphatic carbocycles. The predicted octanol–water partition coefficient (Wildman–Crippen LogP) is 4.75. The molecule has 204 valence electrons. The molecule has 5 rings (SSSR count). The Morgan fingerprint density at radius 2 is 1.79 bits per heavy atom. The third-order valence-electron chi connectivity index (χ3n) is 6.19. The molecule has 1 aliphatic rings. The lowest BCUT2D eigenvalue weighted by atomic mass is 10.0. The Hall–Kier alpha value is -4.30. The largest absolute Gasteiger partial charge is 0.416 e. The molecule has 1 aliphatic heterocycles. The van der Waals surface area contributed by atoms with E-state index in [0.29, 0.717) is 44.1 Å². The van der Waals surface area contributed by atoms with E-state index in [-0.39, 0.29) is 22.6 Å². The number of benzene rings is 2. The van der Waals surface area contributed by atoms with E-state index in [2.05, 4.69) is 25.6 Å². The van der Waals surface area contributed by atoms with Gasteiger partial charge < -0.3 is 21.1 Å². The Labute approximate surface area is 218 Å². The van der Waals surface area contributed by atoms with Crippen molar-refractivity contribution < 1.29 is 31.5 Å². The third kappa shape index (κ3) is 5.61. The molecule has 0 radical (unpaired) electrons. The summed E-state index contributed by atoms with van der Waals surface area (Å²) in [4.78, 5) is 18.4. The van der Waals surface area contributed by atoms with Crippen molar-refractivity contribution in [2.24, 2.45) is 0 Å². The first-order valence-corrected chi connectivity index (χ1v) is 11.8. The molecule has 4 N–H and O–H groups in total. The van der Waals surface area contributed by atoms with E-state index < -0.39 is 35.1 Å². The van der Waals surface area contributed by atoms with Crippen molar-refractivity contribution in [3.05, 3.63) is 71.7 Å². The molecule has 0 saturated carbocycles. The summed E-state index contributed by atoms with van der Waals surface area (Å²) < 4.78 is 76.1. The average molecular weight is 547 g/mol. The third-order valence-corrected chi connectivity index (χ3v) is 6.19. The fraction of sp³-hybridized carbons (Fsp3) is 0.240. The molecule has 1 saturated heterocycles. The van der Waals surface area contributed by atoms with Gasteiger partial charge in [-0.15, -0.1) is 0 Å². The highest BCUT2D eigenvalue weighted by molar-refractivity contribution is 6.00. The quantitative estimate of drug-likeness (QED) is 0.311. The van der Waals surface area contributed by atoms with Crippen molar-refractivity contribution in [1.82, 2.24) is 19.5 Å². The van der Waals surface area contributed by atoms with Gasteiger partial charge in [0.1, 0.15) is 23.5 Å². The van der Waals surface area contributed by atoms with E-state index in [9.17, 15) is 18.0 Å². The Kier molecular flexibility index (Phi) is 7.06. The van der Waals surface area contributed by atoms with Crippen LogP contribution in [0.25, 0.3) is 16.6 Å². The summed E-state index contributed by atoms with van der Waals surface area (Å²) in [5, 5.41) is 8.55. The molecular formula is C25H22F5N7O2. The van der Waals surface area contributed by atoms with Gasteiger partial charge in [-0.25, -0.2) is 23.1 Å². The molecule has 1 fully saturated rings. The SMILES string of the molecule is Nc1ncnn2c(CN3CCOCC3)cc(-c3cc(F)c(NC(=O)Nc4cccc(C(F)(F)F)c4)cc3F)c12. The number of carbonyl (C=O) groups is 1. The van der Waals surface area contributed by atoms with E-state index in [0.717, 1.165) is 30.3 Å². The molecule has 0 atom stereocenters. The first-order chi connectivity index (χ1) is 18.6. The Balaban J connectivity index is 1.42. The lowest BCUT2D eigenvalue weighted by molar-refractivity contribution is -0.137. The number of anilines is 3. The van der Waals surface area contributed by atoms with Gasteiger partial charge in [0.15, 0.2) is 5.82 Å². The Morgan fingerprint density at radius 1 is 1.03 bits per heavy atom. The second-order valence-electron chi connectivity index (χ2n) is 8.81. The number of rotatable bonds is 5. The Morgan fingerprint density at radius 3 is 2.54 bits per heavy atom. The fourth-order valence-corrected chi connectivity index (χ4v) is 4.35. The van der Waals surface area contributed by atoms with E-state index >= 15 is 8.78 Å². The molecule has 2 aromatic heterocycles. The van der Waals surface area contributed by atoms with Gasteiger partial charge in [0.2, 0.25) is 0 Å². The maximum atomic E-state index is 15.3.